The molecule has 0 heterocycles. The van der Waals surface area contributed by atoms with Gasteiger partial charge in [0.05, 0.1) is 13.5 Å². The van der Waals surface area contributed by atoms with Crippen LogP contribution in [-0.4, -0.2) is 44.2 Å². The molecule has 0 unspecified atom stereocenters. The van der Waals surface area contributed by atoms with E-state index in [-0.39, 0.29) is 18.4 Å². The zero-order valence-corrected chi connectivity index (χ0v) is 13.2. The van der Waals surface area contributed by atoms with Crippen molar-refractivity contribution in [3.63, 3.8) is 0 Å². The number of hydrogen-bond donors (Lipinski definition) is 0. The maximum Gasteiger partial charge on any atom is 0.310 e. The minimum absolute atomic E-state index is 0. The zero-order valence-electron chi connectivity index (χ0n) is 12.4. The molecule has 0 aliphatic rings. The van der Waals surface area contributed by atoms with Crippen LogP contribution < -0.4 is 4.74 Å². The molecule has 0 aliphatic carbocycles. The van der Waals surface area contributed by atoms with Gasteiger partial charge in [-0.05, 0) is 30.8 Å². The second-order valence-corrected chi connectivity index (χ2v) is 4.27. The summed E-state index contributed by atoms with van der Waals surface area (Å²) in [5, 5.41) is 0. The zero-order chi connectivity index (χ0) is 14.1. The molecule has 0 radical (unpaired) electrons. The van der Waals surface area contributed by atoms with Gasteiger partial charge in [-0.15, -0.1) is 12.4 Å². The van der Waals surface area contributed by atoms with Crippen LogP contribution in [0.15, 0.2) is 24.3 Å². The monoisotopic (exact) mass is 301 g/mol. The summed E-state index contributed by atoms with van der Waals surface area (Å²) in [4.78, 5) is 13.9. The minimum Gasteiger partial charge on any atom is -0.497 e. The summed E-state index contributed by atoms with van der Waals surface area (Å²) in [5.41, 5.74) is 0.939. The van der Waals surface area contributed by atoms with Gasteiger partial charge in [0, 0.05) is 6.54 Å². The summed E-state index contributed by atoms with van der Waals surface area (Å²) in [6, 6.07) is 7.45. The van der Waals surface area contributed by atoms with Crippen molar-refractivity contribution < 1.29 is 14.3 Å². The van der Waals surface area contributed by atoms with Gasteiger partial charge in [0.15, 0.2) is 0 Å². The van der Waals surface area contributed by atoms with Crippen molar-refractivity contribution in [3.05, 3.63) is 29.8 Å². The Hall–Kier alpha value is -1.26. The van der Waals surface area contributed by atoms with Gasteiger partial charge in [0.25, 0.3) is 0 Å². The number of likely N-dealkylation sites (N-methyl/N-ethyl adjacent to an activating group) is 1. The fourth-order valence-electron chi connectivity index (χ4n) is 1.79. The van der Waals surface area contributed by atoms with E-state index in [9.17, 15) is 4.79 Å². The molecule has 0 saturated carbocycles. The Morgan fingerprint density at radius 2 is 1.75 bits per heavy atom. The molecule has 0 spiro atoms. The summed E-state index contributed by atoms with van der Waals surface area (Å²) >= 11 is 0. The van der Waals surface area contributed by atoms with Crippen molar-refractivity contribution in [2.45, 2.75) is 20.3 Å². The van der Waals surface area contributed by atoms with Crippen LogP contribution in [0.2, 0.25) is 0 Å². The van der Waals surface area contributed by atoms with Gasteiger partial charge in [-0.1, -0.05) is 26.0 Å². The lowest BCUT2D eigenvalue weighted by Gasteiger charge is -2.17. The molecule has 0 saturated heterocycles. The number of esters is 1. The number of methoxy groups -OCH3 is 1. The molecule has 0 aromatic heterocycles. The van der Waals surface area contributed by atoms with Crippen LogP contribution in [0.5, 0.6) is 5.75 Å². The van der Waals surface area contributed by atoms with E-state index < -0.39 is 0 Å². The number of halogens is 1. The lowest BCUT2D eigenvalue weighted by Crippen LogP contribution is -2.28. The molecule has 0 N–H and O–H groups in total. The van der Waals surface area contributed by atoms with Gasteiger partial charge < -0.3 is 14.4 Å². The predicted octanol–water partition coefficient (Wildman–Crippen LogP) is 2.54. The average Bonchev–Trinajstić information content (AvgIpc) is 2.44. The highest BCUT2D eigenvalue weighted by atomic mass is 35.5. The van der Waals surface area contributed by atoms with Crippen molar-refractivity contribution >= 4 is 18.4 Å². The molecule has 0 fully saturated rings. The summed E-state index contributed by atoms with van der Waals surface area (Å²) in [6.45, 7) is 7.41. The fraction of sp³-hybridized carbons (Fsp3) is 0.533. The average molecular weight is 302 g/mol. The fourth-order valence-corrected chi connectivity index (χ4v) is 1.79. The van der Waals surface area contributed by atoms with Gasteiger partial charge in [0.2, 0.25) is 0 Å². The molecule has 1 aromatic carbocycles. The van der Waals surface area contributed by atoms with Crippen LogP contribution >= 0.6 is 12.4 Å². The first kappa shape index (κ1) is 18.7. The summed E-state index contributed by atoms with van der Waals surface area (Å²) in [5.74, 6) is 0.607. The molecule has 5 heteroatoms. The number of hydrogen-bond acceptors (Lipinski definition) is 4. The van der Waals surface area contributed by atoms with Crippen LogP contribution in [-0.2, 0) is 16.0 Å². The van der Waals surface area contributed by atoms with Gasteiger partial charge in [-0.25, -0.2) is 0 Å². The molecular formula is C15H24ClNO3. The maximum atomic E-state index is 11.7. The third-order valence-electron chi connectivity index (χ3n) is 3.07. The van der Waals surface area contributed by atoms with E-state index in [2.05, 4.69) is 18.7 Å². The van der Waals surface area contributed by atoms with E-state index in [1.54, 1.807) is 7.11 Å². The van der Waals surface area contributed by atoms with Crippen LogP contribution in [0.25, 0.3) is 0 Å². The number of carbonyl (C=O) groups is 1. The molecule has 0 atom stereocenters. The Morgan fingerprint density at radius 1 is 1.15 bits per heavy atom. The topological polar surface area (TPSA) is 38.8 Å². The number of rotatable bonds is 8. The minimum atomic E-state index is -0.183. The Bertz CT molecular complexity index is 377. The van der Waals surface area contributed by atoms with Gasteiger partial charge in [0.1, 0.15) is 12.4 Å². The first-order chi connectivity index (χ1) is 9.19. The van der Waals surface area contributed by atoms with E-state index in [0.717, 1.165) is 30.9 Å². The van der Waals surface area contributed by atoms with Gasteiger partial charge in [-0.3, -0.25) is 4.79 Å². The van der Waals surface area contributed by atoms with E-state index in [4.69, 9.17) is 9.47 Å². The van der Waals surface area contributed by atoms with Gasteiger partial charge in [-0.2, -0.15) is 0 Å². The second-order valence-electron chi connectivity index (χ2n) is 4.27. The Kier molecular flexibility index (Phi) is 9.86. The molecule has 4 nitrogen and oxygen atoms in total. The highest BCUT2D eigenvalue weighted by molar-refractivity contribution is 5.85. The van der Waals surface area contributed by atoms with E-state index in [1.165, 1.54) is 0 Å². The number of carbonyl (C=O) groups excluding carboxylic acids is 1. The van der Waals surface area contributed by atoms with Crippen molar-refractivity contribution in [2.24, 2.45) is 0 Å². The van der Waals surface area contributed by atoms with Crippen LogP contribution in [0.1, 0.15) is 19.4 Å². The number of ether oxygens (including phenoxy) is 2. The molecular weight excluding hydrogens is 278 g/mol. The Labute approximate surface area is 127 Å². The van der Waals surface area contributed by atoms with E-state index in [0.29, 0.717) is 13.0 Å². The number of benzene rings is 1. The largest absolute Gasteiger partial charge is 0.497 e. The summed E-state index contributed by atoms with van der Waals surface area (Å²) < 4.78 is 10.3. The Morgan fingerprint density at radius 3 is 2.25 bits per heavy atom. The van der Waals surface area contributed by atoms with Crippen LogP contribution in [0.4, 0.5) is 0 Å². The molecule has 1 aromatic rings. The molecule has 0 bridgehead atoms. The highest BCUT2D eigenvalue weighted by Gasteiger charge is 2.06. The maximum absolute atomic E-state index is 11.7. The lowest BCUT2D eigenvalue weighted by molar-refractivity contribution is -0.143. The molecule has 0 amide bonds. The van der Waals surface area contributed by atoms with Crippen LogP contribution in [0.3, 0.4) is 0 Å². The standard InChI is InChI=1S/C15H23NO3.ClH/c1-4-16(5-2)10-11-19-15(17)12-13-6-8-14(18-3)9-7-13;/h6-9H,4-5,10-12H2,1-3H3;1H. The smallest absolute Gasteiger partial charge is 0.310 e. The summed E-state index contributed by atoms with van der Waals surface area (Å²) in [6.07, 6.45) is 0.308. The first-order valence-corrected chi connectivity index (χ1v) is 6.70. The highest BCUT2D eigenvalue weighted by Crippen LogP contribution is 2.11. The third-order valence-corrected chi connectivity index (χ3v) is 3.07. The predicted molar refractivity (Wildman–Crippen MR) is 82.7 cm³/mol. The quantitative estimate of drug-likeness (QED) is 0.692. The number of nitrogens with zero attached hydrogens (tertiary/aromatic N) is 1. The summed E-state index contributed by atoms with van der Waals surface area (Å²) in [7, 11) is 1.62. The van der Waals surface area contributed by atoms with Gasteiger partial charge >= 0.3 is 5.97 Å². The third kappa shape index (κ3) is 6.78. The van der Waals surface area contributed by atoms with Crippen molar-refractivity contribution in [1.82, 2.24) is 4.90 Å². The van der Waals surface area contributed by atoms with Crippen LogP contribution in [0, 0.1) is 0 Å². The molecule has 0 aliphatic heterocycles. The van der Waals surface area contributed by atoms with Crippen molar-refractivity contribution in [1.29, 1.82) is 0 Å². The molecule has 114 valence electrons. The van der Waals surface area contributed by atoms with Crippen molar-refractivity contribution in [3.8, 4) is 5.75 Å². The normalized spacial score (nSPS) is 10.0. The van der Waals surface area contributed by atoms with Crippen molar-refractivity contribution in [2.75, 3.05) is 33.4 Å². The molecule has 20 heavy (non-hydrogen) atoms. The Balaban J connectivity index is 0.00000361. The lowest BCUT2D eigenvalue weighted by atomic mass is 10.1. The first-order valence-electron chi connectivity index (χ1n) is 6.70. The van der Waals surface area contributed by atoms with E-state index in [1.807, 2.05) is 24.3 Å². The van der Waals surface area contributed by atoms with E-state index >= 15 is 0 Å². The second kappa shape index (κ2) is 10.5. The SMILES string of the molecule is CCN(CC)CCOC(=O)Cc1ccc(OC)cc1.Cl. The molecule has 1 rings (SSSR count).